The smallest absolute Gasteiger partial charge is 0.317 e. The van der Waals surface area contributed by atoms with E-state index in [1.807, 2.05) is 4.90 Å². The Bertz CT molecular complexity index is 528. The van der Waals surface area contributed by atoms with Crippen LogP contribution < -0.4 is 0 Å². The van der Waals surface area contributed by atoms with E-state index in [4.69, 9.17) is 15.3 Å². The second-order valence-corrected chi connectivity index (χ2v) is 7.11. The molecule has 0 bridgehead atoms. The molecule has 1 fully saturated rings. The first kappa shape index (κ1) is 25.0. The highest BCUT2D eigenvalue weighted by Crippen LogP contribution is 2.02. The average molecular weight is 416 g/mol. The summed E-state index contributed by atoms with van der Waals surface area (Å²) >= 11 is 0. The molecule has 1 unspecified atom stereocenters. The number of hydrogen-bond donors (Lipinski definition) is 4. The zero-order valence-corrected chi connectivity index (χ0v) is 16.6. The minimum Gasteiger partial charge on any atom is -0.480 e. The Morgan fingerprint density at radius 1 is 0.690 bits per heavy atom. The lowest BCUT2D eigenvalue weighted by molar-refractivity contribution is -0.140. The van der Waals surface area contributed by atoms with E-state index in [1.165, 1.54) is 6.08 Å². The van der Waals surface area contributed by atoms with Crippen molar-refractivity contribution in [1.82, 2.24) is 19.6 Å². The maximum absolute atomic E-state index is 11.2. The van der Waals surface area contributed by atoms with Crippen LogP contribution in [0.3, 0.4) is 0 Å². The minimum atomic E-state index is -0.990. The van der Waals surface area contributed by atoms with Crippen LogP contribution in [0, 0.1) is 0 Å². The van der Waals surface area contributed by atoms with Crippen molar-refractivity contribution in [3.05, 3.63) is 12.7 Å². The van der Waals surface area contributed by atoms with Gasteiger partial charge < -0.3 is 20.4 Å². The van der Waals surface area contributed by atoms with E-state index in [-0.39, 0.29) is 19.6 Å². The van der Waals surface area contributed by atoms with Crippen LogP contribution in [0.2, 0.25) is 0 Å². The van der Waals surface area contributed by atoms with Crippen molar-refractivity contribution >= 4 is 17.9 Å². The molecule has 11 heteroatoms. The number of hydrogen-bond acceptors (Lipinski definition) is 8. The number of aliphatic hydroxyl groups excluding tert-OH is 1. The van der Waals surface area contributed by atoms with Crippen molar-refractivity contribution in [2.24, 2.45) is 0 Å². The number of carboxylic acid groups (broad SMARTS) is 3. The van der Waals surface area contributed by atoms with Crippen LogP contribution in [0.25, 0.3) is 0 Å². The monoisotopic (exact) mass is 416 g/mol. The Balaban J connectivity index is 2.92. The number of aliphatic carboxylic acids is 3. The summed E-state index contributed by atoms with van der Waals surface area (Å²) in [5, 5.41) is 37.3. The summed E-state index contributed by atoms with van der Waals surface area (Å²) in [6, 6.07) is 0. The molecule has 0 radical (unpaired) electrons. The number of β-amino-alcohol motifs (C(OH)–C–C–N with tert-alkyl or cyclic N) is 1. The molecule has 0 aromatic carbocycles. The van der Waals surface area contributed by atoms with Crippen LogP contribution in [0.5, 0.6) is 0 Å². The molecule has 29 heavy (non-hydrogen) atoms. The minimum absolute atomic E-state index is 0.163. The molecule has 1 atom stereocenters. The second kappa shape index (κ2) is 13.2. The van der Waals surface area contributed by atoms with Gasteiger partial charge in [-0.1, -0.05) is 6.08 Å². The number of nitrogens with zero attached hydrogens (tertiary/aromatic N) is 4. The molecule has 0 aromatic rings. The standard InChI is InChI=1S/C18H32N4O7/c1-2-15(23)11-19-3-5-20(12-16(24)25)7-9-22(14-18(28)29)10-8-21(6-4-19)13-17(26)27/h2,15,23H,1,3-14H2,(H,24,25)(H,26,27)(H,28,29). The van der Waals surface area contributed by atoms with E-state index in [0.717, 1.165) is 0 Å². The topological polar surface area (TPSA) is 145 Å². The largest absolute Gasteiger partial charge is 0.480 e. The van der Waals surface area contributed by atoms with Gasteiger partial charge in [-0.3, -0.25) is 34.0 Å². The van der Waals surface area contributed by atoms with E-state index in [9.17, 15) is 19.5 Å². The van der Waals surface area contributed by atoms with Gasteiger partial charge in [0.15, 0.2) is 0 Å². The lowest BCUT2D eigenvalue weighted by Gasteiger charge is -2.33. The van der Waals surface area contributed by atoms with Gasteiger partial charge in [-0.15, -0.1) is 6.58 Å². The van der Waals surface area contributed by atoms with Crippen LogP contribution in [-0.2, 0) is 14.4 Å². The molecular weight excluding hydrogens is 384 g/mol. The molecule has 4 N–H and O–H groups in total. The number of rotatable bonds is 9. The Morgan fingerprint density at radius 3 is 1.21 bits per heavy atom. The summed E-state index contributed by atoms with van der Waals surface area (Å²) in [5.41, 5.74) is 0. The van der Waals surface area contributed by atoms with Crippen molar-refractivity contribution in [2.45, 2.75) is 6.10 Å². The molecule has 1 aliphatic heterocycles. The third-order valence-corrected chi connectivity index (χ3v) is 4.72. The highest BCUT2D eigenvalue weighted by atomic mass is 16.4. The number of aliphatic hydroxyl groups is 1. The molecule has 1 heterocycles. The molecule has 1 aliphatic rings. The number of carboxylic acids is 3. The van der Waals surface area contributed by atoms with Crippen LogP contribution >= 0.6 is 0 Å². The fraction of sp³-hybridized carbons (Fsp3) is 0.722. The Labute approximate surface area is 170 Å². The van der Waals surface area contributed by atoms with Crippen LogP contribution in [0.4, 0.5) is 0 Å². The van der Waals surface area contributed by atoms with Crippen LogP contribution in [-0.4, -0.2) is 143 Å². The quantitative estimate of drug-likeness (QED) is 0.310. The van der Waals surface area contributed by atoms with Gasteiger partial charge in [0.2, 0.25) is 0 Å². The molecule has 1 saturated heterocycles. The summed E-state index contributed by atoms with van der Waals surface area (Å²) < 4.78 is 0. The molecular formula is C18H32N4O7. The summed E-state index contributed by atoms with van der Waals surface area (Å²) in [5.74, 6) is -2.92. The molecule has 0 aromatic heterocycles. The normalized spacial score (nSPS) is 20.3. The third-order valence-electron chi connectivity index (χ3n) is 4.72. The summed E-state index contributed by atoms with van der Waals surface area (Å²) in [6.45, 7) is 6.64. The van der Waals surface area contributed by atoms with Gasteiger partial charge in [-0.25, -0.2) is 0 Å². The highest BCUT2D eigenvalue weighted by Gasteiger charge is 2.20. The molecule has 1 rings (SSSR count). The molecule has 11 nitrogen and oxygen atoms in total. The van der Waals surface area contributed by atoms with Crippen molar-refractivity contribution in [3.63, 3.8) is 0 Å². The Hall–Kier alpha value is -2.05. The van der Waals surface area contributed by atoms with Crippen molar-refractivity contribution in [1.29, 1.82) is 0 Å². The van der Waals surface area contributed by atoms with Crippen LogP contribution in [0.1, 0.15) is 0 Å². The van der Waals surface area contributed by atoms with Gasteiger partial charge in [-0.2, -0.15) is 0 Å². The molecule has 0 aliphatic carbocycles. The molecule has 0 amide bonds. The van der Waals surface area contributed by atoms with Gasteiger partial charge in [-0.05, 0) is 0 Å². The van der Waals surface area contributed by atoms with Crippen molar-refractivity contribution in [3.8, 4) is 0 Å². The van der Waals surface area contributed by atoms with Gasteiger partial charge in [0.25, 0.3) is 0 Å². The lowest BCUT2D eigenvalue weighted by Crippen LogP contribution is -2.49. The van der Waals surface area contributed by atoms with E-state index in [1.54, 1.807) is 14.7 Å². The Kier molecular flexibility index (Phi) is 11.4. The SMILES string of the molecule is C=CC(O)CN1CCN(CC(=O)O)CCN(CC(=O)O)CCN(CC(=O)O)CC1. The second-order valence-electron chi connectivity index (χ2n) is 7.11. The van der Waals surface area contributed by atoms with Gasteiger partial charge in [0, 0.05) is 58.9 Å². The van der Waals surface area contributed by atoms with Gasteiger partial charge in [0.1, 0.15) is 0 Å². The summed E-state index contributed by atoms with van der Waals surface area (Å²) in [7, 11) is 0. The summed E-state index contributed by atoms with van der Waals surface area (Å²) in [4.78, 5) is 40.6. The predicted molar refractivity (Wildman–Crippen MR) is 105 cm³/mol. The Morgan fingerprint density at radius 2 is 0.966 bits per heavy atom. The average Bonchev–Trinajstić information content (AvgIpc) is 2.62. The third kappa shape index (κ3) is 11.5. The van der Waals surface area contributed by atoms with Gasteiger partial charge in [0.05, 0.1) is 25.7 Å². The highest BCUT2D eigenvalue weighted by molar-refractivity contribution is 5.69. The first-order valence-corrected chi connectivity index (χ1v) is 9.55. The fourth-order valence-corrected chi connectivity index (χ4v) is 3.15. The van der Waals surface area contributed by atoms with E-state index in [0.29, 0.717) is 58.9 Å². The van der Waals surface area contributed by atoms with E-state index in [2.05, 4.69) is 6.58 Å². The zero-order valence-electron chi connectivity index (χ0n) is 16.6. The lowest BCUT2D eigenvalue weighted by atomic mass is 10.3. The molecule has 0 saturated carbocycles. The first-order valence-electron chi connectivity index (χ1n) is 9.55. The molecule has 0 spiro atoms. The maximum atomic E-state index is 11.2. The van der Waals surface area contributed by atoms with Gasteiger partial charge >= 0.3 is 17.9 Å². The summed E-state index contributed by atoms with van der Waals surface area (Å²) in [6.07, 6.45) is 0.680. The fourth-order valence-electron chi connectivity index (χ4n) is 3.15. The predicted octanol–water partition coefficient (Wildman–Crippen LogP) is -1.99. The van der Waals surface area contributed by atoms with E-state index >= 15 is 0 Å². The first-order chi connectivity index (χ1) is 13.7. The zero-order chi connectivity index (χ0) is 21.8. The number of carbonyl (C=O) groups is 3. The van der Waals surface area contributed by atoms with Crippen molar-refractivity contribution in [2.75, 3.05) is 78.5 Å². The maximum Gasteiger partial charge on any atom is 0.317 e. The van der Waals surface area contributed by atoms with Crippen molar-refractivity contribution < 1.29 is 34.8 Å². The van der Waals surface area contributed by atoms with E-state index < -0.39 is 24.0 Å². The van der Waals surface area contributed by atoms with Crippen LogP contribution in [0.15, 0.2) is 12.7 Å². The molecule has 166 valence electrons.